The predicted octanol–water partition coefficient (Wildman–Crippen LogP) is 3.38. The molecule has 1 saturated heterocycles. The van der Waals surface area contributed by atoms with Crippen molar-refractivity contribution in [3.8, 4) is 11.5 Å². The average molecular weight is 419 g/mol. The van der Waals surface area contributed by atoms with E-state index >= 15 is 0 Å². The second-order valence-corrected chi connectivity index (χ2v) is 8.86. The zero-order valence-corrected chi connectivity index (χ0v) is 17.7. The van der Waals surface area contributed by atoms with E-state index in [-0.39, 0.29) is 10.8 Å². The number of anilines is 1. The molecule has 1 fully saturated rings. The number of amides is 1. The fourth-order valence-corrected chi connectivity index (χ4v) is 4.35. The van der Waals surface area contributed by atoms with E-state index in [0.717, 1.165) is 25.9 Å². The number of sulfonamides is 1. The van der Waals surface area contributed by atoms with Crippen LogP contribution in [0.3, 0.4) is 0 Å². The molecule has 156 valence electrons. The lowest BCUT2D eigenvalue weighted by atomic mass is 9.98. The maximum atomic E-state index is 12.7. The highest BCUT2D eigenvalue weighted by Crippen LogP contribution is 2.30. The molecule has 0 spiro atoms. The number of carbonyl (C=O) groups is 1. The third-order valence-electron chi connectivity index (χ3n) is 5.12. The predicted molar refractivity (Wildman–Crippen MR) is 111 cm³/mol. The summed E-state index contributed by atoms with van der Waals surface area (Å²) in [6, 6.07) is 10.9. The maximum absolute atomic E-state index is 12.7. The molecule has 0 saturated carbocycles. The Bertz CT molecular complexity index is 965. The van der Waals surface area contributed by atoms with Gasteiger partial charge in [0.05, 0.1) is 19.1 Å². The van der Waals surface area contributed by atoms with Gasteiger partial charge in [0.2, 0.25) is 0 Å². The minimum atomic E-state index is -3.81. The number of piperidine rings is 1. The Morgan fingerprint density at radius 2 is 1.62 bits per heavy atom. The number of ether oxygens (including phenoxy) is 2. The zero-order chi connectivity index (χ0) is 21.0. The van der Waals surface area contributed by atoms with Crippen LogP contribution in [0.2, 0.25) is 0 Å². The van der Waals surface area contributed by atoms with Gasteiger partial charge in [-0.25, -0.2) is 8.42 Å². The lowest BCUT2D eigenvalue weighted by Gasteiger charge is -2.30. The van der Waals surface area contributed by atoms with Crippen LogP contribution in [0.5, 0.6) is 11.5 Å². The summed E-state index contributed by atoms with van der Waals surface area (Å²) in [4.78, 5) is 14.5. The van der Waals surface area contributed by atoms with Gasteiger partial charge in [-0.15, -0.1) is 0 Å². The van der Waals surface area contributed by atoms with Crippen molar-refractivity contribution in [1.29, 1.82) is 0 Å². The van der Waals surface area contributed by atoms with Crippen molar-refractivity contribution >= 4 is 21.6 Å². The summed E-state index contributed by atoms with van der Waals surface area (Å²) in [5, 5.41) is 0. The molecule has 1 aliphatic heterocycles. The molecule has 2 aromatic rings. The number of hydrogen-bond donors (Lipinski definition) is 1. The fraction of sp³-hybridized carbons (Fsp3) is 0.381. The molecule has 8 heteroatoms. The number of hydrogen-bond acceptors (Lipinski definition) is 5. The molecule has 0 atom stereocenters. The zero-order valence-electron chi connectivity index (χ0n) is 16.8. The number of carbonyl (C=O) groups excluding carboxylic acids is 1. The Kier molecular flexibility index (Phi) is 6.32. The van der Waals surface area contributed by atoms with Crippen LogP contribution in [0.25, 0.3) is 0 Å². The Morgan fingerprint density at radius 3 is 2.21 bits per heavy atom. The third kappa shape index (κ3) is 4.82. The van der Waals surface area contributed by atoms with Gasteiger partial charge in [-0.2, -0.15) is 0 Å². The van der Waals surface area contributed by atoms with Crippen LogP contribution in [-0.4, -0.2) is 46.5 Å². The first kappa shape index (κ1) is 21.0. The Hall–Kier alpha value is -2.74. The Morgan fingerprint density at radius 1 is 1.00 bits per heavy atom. The summed E-state index contributed by atoms with van der Waals surface area (Å²) in [7, 11) is -0.883. The summed E-state index contributed by atoms with van der Waals surface area (Å²) >= 11 is 0. The van der Waals surface area contributed by atoms with Crippen molar-refractivity contribution in [2.45, 2.75) is 24.7 Å². The minimum Gasteiger partial charge on any atom is -0.493 e. The van der Waals surface area contributed by atoms with Crippen LogP contribution in [0, 0.1) is 5.92 Å². The van der Waals surface area contributed by atoms with Crippen molar-refractivity contribution in [3.05, 3.63) is 48.0 Å². The summed E-state index contributed by atoms with van der Waals surface area (Å²) in [6.07, 6.45) is 2.02. The molecule has 1 N–H and O–H groups in total. The highest BCUT2D eigenvalue weighted by molar-refractivity contribution is 7.92. The molecule has 7 nitrogen and oxygen atoms in total. The Labute approximate surface area is 171 Å². The van der Waals surface area contributed by atoms with Gasteiger partial charge in [0, 0.05) is 30.4 Å². The van der Waals surface area contributed by atoms with Crippen molar-refractivity contribution in [2.75, 3.05) is 32.0 Å². The van der Waals surface area contributed by atoms with Crippen LogP contribution in [0.15, 0.2) is 47.4 Å². The van der Waals surface area contributed by atoms with E-state index in [4.69, 9.17) is 9.47 Å². The largest absolute Gasteiger partial charge is 0.493 e. The van der Waals surface area contributed by atoms with E-state index < -0.39 is 10.0 Å². The fourth-order valence-electron chi connectivity index (χ4n) is 3.27. The summed E-state index contributed by atoms with van der Waals surface area (Å²) in [5.41, 5.74) is 0.928. The average Bonchev–Trinajstić information content (AvgIpc) is 2.73. The third-order valence-corrected chi connectivity index (χ3v) is 6.50. The molecule has 0 radical (unpaired) electrons. The Balaban J connectivity index is 1.72. The second-order valence-electron chi connectivity index (χ2n) is 7.17. The topological polar surface area (TPSA) is 84.9 Å². The molecular formula is C21H26N2O5S. The molecule has 29 heavy (non-hydrogen) atoms. The van der Waals surface area contributed by atoms with Crippen LogP contribution in [0.4, 0.5) is 5.69 Å². The normalized spacial score (nSPS) is 15.1. The highest BCUT2D eigenvalue weighted by Gasteiger charge is 2.22. The first-order chi connectivity index (χ1) is 13.8. The molecule has 1 aliphatic rings. The standard InChI is InChI=1S/C21H26N2O5S/c1-15-10-12-23(13-11-15)21(24)16-4-6-17(7-5-16)22-29(25,26)18-8-9-19(27-2)20(14-18)28-3/h4-9,14-15,22H,10-13H2,1-3H3. The van der Waals surface area contributed by atoms with Gasteiger partial charge in [-0.05, 0) is 55.2 Å². The van der Waals surface area contributed by atoms with Crippen LogP contribution in [0.1, 0.15) is 30.1 Å². The molecule has 0 aliphatic carbocycles. The minimum absolute atomic E-state index is 0.0220. The molecule has 0 unspecified atom stereocenters. The van der Waals surface area contributed by atoms with Gasteiger partial charge in [0.25, 0.3) is 15.9 Å². The van der Waals surface area contributed by atoms with Gasteiger partial charge in [0.1, 0.15) is 0 Å². The number of nitrogens with one attached hydrogen (secondary N) is 1. The number of methoxy groups -OCH3 is 2. The van der Waals surface area contributed by atoms with Gasteiger partial charge in [-0.3, -0.25) is 9.52 Å². The SMILES string of the molecule is COc1ccc(S(=O)(=O)Nc2ccc(C(=O)N3CCC(C)CC3)cc2)cc1OC. The van der Waals surface area contributed by atoms with E-state index in [2.05, 4.69) is 11.6 Å². The van der Waals surface area contributed by atoms with Gasteiger partial charge in [-0.1, -0.05) is 6.92 Å². The molecule has 1 heterocycles. The molecule has 3 rings (SSSR count). The van der Waals surface area contributed by atoms with E-state index in [1.165, 1.54) is 32.4 Å². The number of benzene rings is 2. The van der Waals surface area contributed by atoms with Gasteiger partial charge in [0.15, 0.2) is 11.5 Å². The molecule has 0 bridgehead atoms. The first-order valence-electron chi connectivity index (χ1n) is 9.48. The van der Waals surface area contributed by atoms with Crippen molar-refractivity contribution in [3.63, 3.8) is 0 Å². The monoisotopic (exact) mass is 418 g/mol. The summed E-state index contributed by atoms with van der Waals surface area (Å²) in [5.74, 6) is 1.40. The van der Waals surface area contributed by atoms with Crippen molar-refractivity contribution < 1.29 is 22.7 Å². The van der Waals surface area contributed by atoms with E-state index in [0.29, 0.717) is 28.7 Å². The lowest BCUT2D eigenvalue weighted by Crippen LogP contribution is -2.37. The van der Waals surface area contributed by atoms with E-state index in [1.54, 1.807) is 24.3 Å². The number of likely N-dealkylation sites (tertiary alicyclic amines) is 1. The maximum Gasteiger partial charge on any atom is 0.262 e. The van der Waals surface area contributed by atoms with Crippen LogP contribution < -0.4 is 14.2 Å². The summed E-state index contributed by atoms with van der Waals surface area (Å²) < 4.78 is 38.2. The lowest BCUT2D eigenvalue weighted by molar-refractivity contribution is 0.0697. The van der Waals surface area contributed by atoms with Crippen LogP contribution >= 0.6 is 0 Å². The quantitative estimate of drug-likeness (QED) is 0.777. The van der Waals surface area contributed by atoms with Crippen molar-refractivity contribution in [1.82, 2.24) is 4.90 Å². The second kappa shape index (κ2) is 8.73. The molecular weight excluding hydrogens is 392 g/mol. The highest BCUT2D eigenvalue weighted by atomic mass is 32.2. The number of nitrogens with zero attached hydrogens (tertiary/aromatic N) is 1. The number of rotatable bonds is 6. The van der Waals surface area contributed by atoms with Gasteiger partial charge < -0.3 is 14.4 Å². The molecule has 2 aromatic carbocycles. The van der Waals surface area contributed by atoms with E-state index in [9.17, 15) is 13.2 Å². The smallest absolute Gasteiger partial charge is 0.262 e. The molecule has 1 amide bonds. The summed E-state index contributed by atoms with van der Waals surface area (Å²) in [6.45, 7) is 3.71. The molecule has 0 aromatic heterocycles. The van der Waals surface area contributed by atoms with E-state index in [1.807, 2.05) is 4.90 Å². The van der Waals surface area contributed by atoms with Crippen molar-refractivity contribution in [2.24, 2.45) is 5.92 Å². The van der Waals surface area contributed by atoms with Gasteiger partial charge >= 0.3 is 0 Å². The first-order valence-corrected chi connectivity index (χ1v) is 11.0. The van der Waals surface area contributed by atoms with Crippen LogP contribution in [-0.2, 0) is 10.0 Å².